The molecular formula is C12H18N4O2. The fourth-order valence-electron chi connectivity index (χ4n) is 1.46. The summed E-state index contributed by atoms with van der Waals surface area (Å²) in [6.45, 7) is 4.01. The van der Waals surface area contributed by atoms with E-state index >= 15 is 0 Å². The molecule has 2 amide bonds. The molecule has 0 saturated heterocycles. The van der Waals surface area contributed by atoms with Crippen molar-refractivity contribution in [3.8, 4) is 0 Å². The van der Waals surface area contributed by atoms with Crippen LogP contribution in [0.25, 0.3) is 0 Å². The Morgan fingerprint density at radius 2 is 2.17 bits per heavy atom. The van der Waals surface area contributed by atoms with Crippen LogP contribution in [0.1, 0.15) is 24.2 Å². The second-order valence-electron chi connectivity index (χ2n) is 3.76. The molecule has 1 rings (SSSR count). The second kappa shape index (κ2) is 6.58. The summed E-state index contributed by atoms with van der Waals surface area (Å²) in [5.74, 6) is -0.508. The molecule has 0 saturated carbocycles. The normalized spacial score (nSPS) is 11.5. The van der Waals surface area contributed by atoms with Crippen LogP contribution in [0.3, 0.4) is 0 Å². The van der Waals surface area contributed by atoms with Crippen LogP contribution in [0.15, 0.2) is 18.5 Å². The van der Waals surface area contributed by atoms with E-state index < -0.39 is 6.04 Å². The number of hydrogen-bond acceptors (Lipinski definition) is 4. The first-order chi connectivity index (χ1) is 8.60. The average Bonchev–Trinajstić information content (AvgIpc) is 2.38. The van der Waals surface area contributed by atoms with E-state index in [0.717, 1.165) is 0 Å². The quantitative estimate of drug-likeness (QED) is 0.705. The lowest BCUT2D eigenvalue weighted by Crippen LogP contribution is -2.44. The van der Waals surface area contributed by atoms with Gasteiger partial charge in [-0.15, -0.1) is 0 Å². The van der Waals surface area contributed by atoms with Crippen molar-refractivity contribution in [1.82, 2.24) is 15.6 Å². The number of carbonyl (C=O) groups excluding carboxylic acids is 2. The molecule has 0 aliphatic rings. The number of anilines is 1. The lowest BCUT2D eigenvalue weighted by Gasteiger charge is -2.14. The van der Waals surface area contributed by atoms with Gasteiger partial charge in [0.2, 0.25) is 5.91 Å². The Kier molecular flexibility index (Phi) is 5.10. The van der Waals surface area contributed by atoms with Gasteiger partial charge in [0.05, 0.1) is 17.4 Å². The monoisotopic (exact) mass is 250 g/mol. The van der Waals surface area contributed by atoms with Crippen molar-refractivity contribution in [3.05, 3.63) is 24.0 Å². The van der Waals surface area contributed by atoms with Crippen molar-refractivity contribution in [2.24, 2.45) is 0 Å². The van der Waals surface area contributed by atoms with Crippen LogP contribution in [0.4, 0.5) is 5.69 Å². The molecule has 1 atom stereocenters. The van der Waals surface area contributed by atoms with E-state index in [4.69, 9.17) is 0 Å². The van der Waals surface area contributed by atoms with E-state index in [0.29, 0.717) is 17.8 Å². The number of amides is 2. The van der Waals surface area contributed by atoms with Gasteiger partial charge in [0.15, 0.2) is 0 Å². The lowest BCUT2D eigenvalue weighted by molar-refractivity contribution is -0.122. The number of likely N-dealkylation sites (N-methyl/N-ethyl adjacent to an activating group) is 1. The van der Waals surface area contributed by atoms with E-state index in [1.54, 1.807) is 26.2 Å². The zero-order chi connectivity index (χ0) is 13.5. The third kappa shape index (κ3) is 3.44. The number of nitrogens with zero attached hydrogens (tertiary/aromatic N) is 1. The maximum atomic E-state index is 12.0. The molecule has 1 aromatic rings. The molecule has 98 valence electrons. The smallest absolute Gasteiger partial charge is 0.254 e. The molecule has 6 nitrogen and oxygen atoms in total. The minimum absolute atomic E-state index is 0.203. The number of carbonyl (C=O) groups is 2. The lowest BCUT2D eigenvalue weighted by atomic mass is 10.2. The first kappa shape index (κ1) is 14.0. The van der Waals surface area contributed by atoms with Crippen LogP contribution in [0, 0.1) is 0 Å². The number of nitrogens with one attached hydrogen (secondary N) is 3. The Balaban J connectivity index is 2.73. The summed E-state index contributed by atoms with van der Waals surface area (Å²) in [6.07, 6.45) is 3.10. The van der Waals surface area contributed by atoms with Gasteiger partial charge in [0.1, 0.15) is 6.04 Å². The van der Waals surface area contributed by atoms with Gasteiger partial charge in [-0.3, -0.25) is 14.6 Å². The molecule has 1 heterocycles. The van der Waals surface area contributed by atoms with Crippen LogP contribution < -0.4 is 16.0 Å². The Hall–Kier alpha value is -2.11. The minimum atomic E-state index is -0.574. The van der Waals surface area contributed by atoms with Gasteiger partial charge < -0.3 is 16.0 Å². The highest BCUT2D eigenvalue weighted by Crippen LogP contribution is 2.12. The molecule has 0 radical (unpaired) electrons. The number of hydrogen-bond donors (Lipinski definition) is 3. The summed E-state index contributed by atoms with van der Waals surface area (Å²) >= 11 is 0. The molecule has 1 aromatic heterocycles. The number of aromatic nitrogens is 1. The Morgan fingerprint density at radius 3 is 2.78 bits per heavy atom. The molecule has 0 spiro atoms. The van der Waals surface area contributed by atoms with Crippen molar-refractivity contribution in [1.29, 1.82) is 0 Å². The van der Waals surface area contributed by atoms with Crippen LogP contribution in [-0.2, 0) is 4.79 Å². The van der Waals surface area contributed by atoms with Crippen molar-refractivity contribution in [3.63, 3.8) is 0 Å². The second-order valence-corrected chi connectivity index (χ2v) is 3.76. The predicted octanol–water partition coefficient (Wildman–Crippen LogP) is 0.378. The standard InChI is InChI=1S/C12H18N4O2/c1-4-15-11(17)8(2)16-12(18)9-5-6-14-7-10(9)13-3/h5-8,13H,4H2,1-3H3,(H,15,17)(H,16,18). The van der Waals surface area contributed by atoms with Crippen molar-refractivity contribution in [2.75, 3.05) is 18.9 Å². The summed E-state index contributed by atoms with van der Waals surface area (Å²) in [7, 11) is 1.71. The number of rotatable bonds is 5. The SMILES string of the molecule is CCNC(=O)C(C)NC(=O)c1ccncc1NC. The van der Waals surface area contributed by atoms with E-state index in [1.807, 2.05) is 6.92 Å². The highest BCUT2D eigenvalue weighted by Gasteiger charge is 2.17. The summed E-state index contributed by atoms with van der Waals surface area (Å²) < 4.78 is 0. The summed E-state index contributed by atoms with van der Waals surface area (Å²) in [4.78, 5) is 27.4. The number of pyridine rings is 1. The molecule has 0 aliphatic heterocycles. The van der Waals surface area contributed by atoms with E-state index in [2.05, 4.69) is 20.9 Å². The maximum absolute atomic E-state index is 12.0. The van der Waals surface area contributed by atoms with Gasteiger partial charge in [-0.05, 0) is 19.9 Å². The van der Waals surface area contributed by atoms with Crippen molar-refractivity contribution in [2.45, 2.75) is 19.9 Å². The van der Waals surface area contributed by atoms with Gasteiger partial charge >= 0.3 is 0 Å². The molecule has 0 bridgehead atoms. The fraction of sp³-hybridized carbons (Fsp3) is 0.417. The summed E-state index contributed by atoms with van der Waals surface area (Å²) in [6, 6.07) is 1.03. The molecule has 6 heteroatoms. The molecular weight excluding hydrogens is 232 g/mol. The zero-order valence-electron chi connectivity index (χ0n) is 10.8. The van der Waals surface area contributed by atoms with Gasteiger partial charge in [-0.2, -0.15) is 0 Å². The molecule has 0 fully saturated rings. The van der Waals surface area contributed by atoms with Gasteiger partial charge in [-0.25, -0.2) is 0 Å². The van der Waals surface area contributed by atoms with E-state index in [1.165, 1.54) is 6.20 Å². The molecule has 0 aromatic carbocycles. The molecule has 18 heavy (non-hydrogen) atoms. The Labute approximate surface area is 106 Å². The van der Waals surface area contributed by atoms with Gasteiger partial charge in [0, 0.05) is 19.8 Å². The Bertz CT molecular complexity index is 434. The highest BCUT2D eigenvalue weighted by molar-refractivity contribution is 6.01. The maximum Gasteiger partial charge on any atom is 0.254 e. The summed E-state index contributed by atoms with van der Waals surface area (Å²) in [5, 5.41) is 8.17. The molecule has 0 aliphatic carbocycles. The van der Waals surface area contributed by atoms with Gasteiger partial charge in [0.25, 0.3) is 5.91 Å². The third-order valence-electron chi connectivity index (χ3n) is 2.43. The van der Waals surface area contributed by atoms with Crippen molar-refractivity contribution < 1.29 is 9.59 Å². The topological polar surface area (TPSA) is 83.1 Å². The van der Waals surface area contributed by atoms with Crippen LogP contribution in [0.5, 0.6) is 0 Å². The fourth-order valence-corrected chi connectivity index (χ4v) is 1.46. The first-order valence-electron chi connectivity index (χ1n) is 5.80. The van der Waals surface area contributed by atoms with Crippen LogP contribution in [-0.4, -0.2) is 36.4 Å². The summed E-state index contributed by atoms with van der Waals surface area (Å²) in [5.41, 5.74) is 1.08. The Morgan fingerprint density at radius 1 is 1.44 bits per heavy atom. The van der Waals surface area contributed by atoms with E-state index in [-0.39, 0.29) is 11.8 Å². The molecule has 1 unspecified atom stereocenters. The van der Waals surface area contributed by atoms with Gasteiger partial charge in [-0.1, -0.05) is 0 Å². The highest BCUT2D eigenvalue weighted by atomic mass is 16.2. The van der Waals surface area contributed by atoms with Crippen molar-refractivity contribution >= 4 is 17.5 Å². The van der Waals surface area contributed by atoms with Crippen LogP contribution in [0.2, 0.25) is 0 Å². The average molecular weight is 250 g/mol. The zero-order valence-corrected chi connectivity index (χ0v) is 10.8. The molecule has 3 N–H and O–H groups in total. The minimum Gasteiger partial charge on any atom is -0.386 e. The van der Waals surface area contributed by atoms with E-state index in [9.17, 15) is 9.59 Å². The third-order valence-corrected chi connectivity index (χ3v) is 2.43. The largest absolute Gasteiger partial charge is 0.386 e. The first-order valence-corrected chi connectivity index (χ1v) is 5.80. The predicted molar refractivity (Wildman–Crippen MR) is 69.4 cm³/mol. The van der Waals surface area contributed by atoms with Crippen LogP contribution >= 0.6 is 0 Å².